The zero-order chi connectivity index (χ0) is 8.43. The van der Waals surface area contributed by atoms with Crippen molar-refractivity contribution >= 4 is 5.82 Å². The molecule has 2 N–H and O–H groups in total. The number of nitrogens with two attached hydrogens (primary N) is 1. The van der Waals surface area contributed by atoms with E-state index < -0.39 is 0 Å². The van der Waals surface area contributed by atoms with Crippen LogP contribution in [0.1, 0.15) is 18.2 Å². The van der Waals surface area contributed by atoms with Crippen molar-refractivity contribution in [3.05, 3.63) is 11.3 Å². The highest BCUT2D eigenvalue weighted by atomic mass is 15.3. The van der Waals surface area contributed by atoms with Crippen LogP contribution in [0.5, 0.6) is 0 Å². The summed E-state index contributed by atoms with van der Waals surface area (Å²) < 4.78 is 1.63. The van der Waals surface area contributed by atoms with Gasteiger partial charge in [-0.15, -0.1) is 5.92 Å². The van der Waals surface area contributed by atoms with Gasteiger partial charge >= 0.3 is 0 Å². The first-order valence-corrected chi connectivity index (χ1v) is 3.38. The number of nitrogens with zero attached hydrogens (tertiary/aromatic N) is 2. The summed E-state index contributed by atoms with van der Waals surface area (Å²) in [5.74, 6) is 6.34. The molecule has 1 aromatic rings. The third kappa shape index (κ3) is 1.20. The lowest BCUT2D eigenvalue weighted by Gasteiger charge is -1.91. The molecule has 0 spiro atoms. The van der Waals surface area contributed by atoms with Crippen LogP contribution in [-0.4, -0.2) is 9.78 Å². The van der Waals surface area contributed by atoms with Crippen molar-refractivity contribution in [3.63, 3.8) is 0 Å². The van der Waals surface area contributed by atoms with Crippen molar-refractivity contribution in [2.24, 2.45) is 7.05 Å². The molecule has 0 aromatic carbocycles. The van der Waals surface area contributed by atoms with Gasteiger partial charge in [-0.1, -0.05) is 5.92 Å². The Kier molecular flexibility index (Phi) is 1.86. The van der Waals surface area contributed by atoms with E-state index in [4.69, 9.17) is 5.73 Å². The Morgan fingerprint density at radius 3 is 2.55 bits per heavy atom. The van der Waals surface area contributed by atoms with E-state index in [-0.39, 0.29) is 0 Å². The van der Waals surface area contributed by atoms with Crippen LogP contribution in [0.4, 0.5) is 5.82 Å². The lowest BCUT2D eigenvalue weighted by atomic mass is 10.2. The van der Waals surface area contributed by atoms with Crippen LogP contribution in [0.15, 0.2) is 0 Å². The first-order chi connectivity index (χ1) is 5.16. The molecular formula is C8H11N3. The molecule has 0 unspecified atom stereocenters. The summed E-state index contributed by atoms with van der Waals surface area (Å²) in [4.78, 5) is 0. The van der Waals surface area contributed by atoms with Crippen LogP contribution in [0.2, 0.25) is 0 Å². The molecule has 11 heavy (non-hydrogen) atoms. The SMILES string of the molecule is CC#Cc1c(C)nn(C)c1N. The molecule has 3 nitrogen and oxygen atoms in total. The molecule has 0 saturated carbocycles. The van der Waals surface area contributed by atoms with Crippen LogP contribution in [0, 0.1) is 18.8 Å². The van der Waals surface area contributed by atoms with E-state index in [9.17, 15) is 0 Å². The van der Waals surface area contributed by atoms with E-state index in [0.29, 0.717) is 5.82 Å². The molecule has 0 radical (unpaired) electrons. The fourth-order valence-electron chi connectivity index (χ4n) is 0.956. The highest BCUT2D eigenvalue weighted by Crippen LogP contribution is 2.12. The number of rotatable bonds is 0. The molecular weight excluding hydrogens is 138 g/mol. The van der Waals surface area contributed by atoms with Gasteiger partial charge in [-0.3, -0.25) is 4.68 Å². The zero-order valence-corrected chi connectivity index (χ0v) is 6.97. The van der Waals surface area contributed by atoms with Crippen LogP contribution >= 0.6 is 0 Å². The van der Waals surface area contributed by atoms with Crippen molar-refractivity contribution < 1.29 is 0 Å². The fourth-order valence-corrected chi connectivity index (χ4v) is 0.956. The summed E-state index contributed by atoms with van der Waals surface area (Å²) in [5.41, 5.74) is 7.42. The normalized spacial score (nSPS) is 9.00. The molecule has 0 aliphatic heterocycles. The van der Waals surface area contributed by atoms with E-state index in [1.165, 1.54) is 0 Å². The van der Waals surface area contributed by atoms with Crippen LogP contribution in [-0.2, 0) is 7.05 Å². The minimum atomic E-state index is 0.636. The highest BCUT2D eigenvalue weighted by molar-refractivity contribution is 5.53. The molecule has 0 fully saturated rings. The number of hydrogen-bond acceptors (Lipinski definition) is 2. The van der Waals surface area contributed by atoms with Crippen LogP contribution < -0.4 is 5.73 Å². The molecule has 58 valence electrons. The molecule has 0 amide bonds. The summed E-state index contributed by atoms with van der Waals surface area (Å²) in [6.07, 6.45) is 0. The second kappa shape index (κ2) is 2.67. The summed E-state index contributed by atoms with van der Waals surface area (Å²) in [7, 11) is 1.81. The molecule has 0 saturated heterocycles. The van der Waals surface area contributed by atoms with Gasteiger partial charge in [-0.05, 0) is 13.8 Å². The smallest absolute Gasteiger partial charge is 0.137 e. The number of aromatic nitrogens is 2. The predicted molar refractivity (Wildman–Crippen MR) is 44.9 cm³/mol. The second-order valence-electron chi connectivity index (χ2n) is 2.34. The monoisotopic (exact) mass is 149 g/mol. The minimum Gasteiger partial charge on any atom is -0.383 e. The van der Waals surface area contributed by atoms with Crippen molar-refractivity contribution in [3.8, 4) is 11.8 Å². The lowest BCUT2D eigenvalue weighted by Crippen LogP contribution is -1.97. The largest absolute Gasteiger partial charge is 0.383 e. The van der Waals surface area contributed by atoms with Gasteiger partial charge in [0, 0.05) is 7.05 Å². The standard InChI is InChI=1S/C8H11N3/c1-4-5-7-6(2)10-11(3)8(7)9/h9H2,1-3H3. The Morgan fingerprint density at radius 1 is 1.55 bits per heavy atom. The fraction of sp³-hybridized carbons (Fsp3) is 0.375. The maximum Gasteiger partial charge on any atom is 0.137 e. The quantitative estimate of drug-likeness (QED) is 0.551. The summed E-state index contributed by atoms with van der Waals surface area (Å²) >= 11 is 0. The Balaban J connectivity index is 3.30. The average Bonchev–Trinajstić information content (AvgIpc) is 2.17. The summed E-state index contributed by atoms with van der Waals surface area (Å²) in [5, 5.41) is 4.12. The molecule has 1 rings (SSSR count). The van der Waals surface area contributed by atoms with Gasteiger partial charge in [0.25, 0.3) is 0 Å². The van der Waals surface area contributed by atoms with Crippen molar-refractivity contribution in [1.29, 1.82) is 0 Å². The zero-order valence-electron chi connectivity index (χ0n) is 6.97. The third-order valence-electron chi connectivity index (χ3n) is 1.52. The van der Waals surface area contributed by atoms with Gasteiger partial charge < -0.3 is 5.73 Å². The van der Waals surface area contributed by atoms with Gasteiger partial charge in [0.2, 0.25) is 0 Å². The Morgan fingerprint density at radius 2 is 2.18 bits per heavy atom. The van der Waals surface area contributed by atoms with Gasteiger partial charge in [0.15, 0.2) is 0 Å². The van der Waals surface area contributed by atoms with E-state index in [1.807, 2.05) is 14.0 Å². The highest BCUT2D eigenvalue weighted by Gasteiger charge is 2.05. The van der Waals surface area contributed by atoms with E-state index in [2.05, 4.69) is 16.9 Å². The predicted octanol–water partition coefficient (Wildman–Crippen LogP) is 0.682. The molecule has 0 aliphatic carbocycles. The number of anilines is 1. The van der Waals surface area contributed by atoms with Crippen molar-refractivity contribution in [1.82, 2.24) is 9.78 Å². The first kappa shape index (κ1) is 7.67. The van der Waals surface area contributed by atoms with Crippen LogP contribution in [0.3, 0.4) is 0 Å². The molecule has 1 aromatic heterocycles. The molecule has 3 heteroatoms. The van der Waals surface area contributed by atoms with Gasteiger partial charge in [-0.2, -0.15) is 5.10 Å². The maximum absolute atomic E-state index is 5.69. The number of aryl methyl sites for hydroxylation is 2. The molecule has 0 bridgehead atoms. The van der Waals surface area contributed by atoms with E-state index >= 15 is 0 Å². The topological polar surface area (TPSA) is 43.8 Å². The van der Waals surface area contributed by atoms with Gasteiger partial charge in [0.1, 0.15) is 5.82 Å². The Hall–Kier alpha value is -1.43. The summed E-state index contributed by atoms with van der Waals surface area (Å²) in [6, 6.07) is 0. The summed E-state index contributed by atoms with van der Waals surface area (Å²) in [6.45, 7) is 3.68. The van der Waals surface area contributed by atoms with Crippen molar-refractivity contribution in [2.75, 3.05) is 5.73 Å². The number of nitrogen functional groups attached to an aromatic ring is 1. The van der Waals surface area contributed by atoms with E-state index in [0.717, 1.165) is 11.3 Å². The van der Waals surface area contributed by atoms with Crippen molar-refractivity contribution in [2.45, 2.75) is 13.8 Å². The second-order valence-corrected chi connectivity index (χ2v) is 2.34. The third-order valence-corrected chi connectivity index (χ3v) is 1.52. The molecule has 0 aliphatic rings. The molecule has 0 atom stereocenters. The Labute approximate surface area is 66.2 Å². The minimum absolute atomic E-state index is 0.636. The van der Waals surface area contributed by atoms with E-state index in [1.54, 1.807) is 11.6 Å². The first-order valence-electron chi connectivity index (χ1n) is 3.38. The van der Waals surface area contributed by atoms with Gasteiger partial charge in [-0.25, -0.2) is 0 Å². The van der Waals surface area contributed by atoms with Crippen LogP contribution in [0.25, 0.3) is 0 Å². The van der Waals surface area contributed by atoms with Gasteiger partial charge in [0.05, 0.1) is 11.3 Å². The number of hydrogen-bond donors (Lipinski definition) is 1. The Bertz CT molecular complexity index is 325. The molecule has 1 heterocycles. The average molecular weight is 149 g/mol. The maximum atomic E-state index is 5.69. The lowest BCUT2D eigenvalue weighted by molar-refractivity contribution is 0.767.